The number of anilines is 1. The smallest absolute Gasteiger partial charge is 0.416 e. The van der Waals surface area contributed by atoms with E-state index in [1.165, 1.54) is 18.3 Å². The summed E-state index contributed by atoms with van der Waals surface area (Å²) < 4.78 is 47.1. The van der Waals surface area contributed by atoms with Crippen LogP contribution in [0.2, 0.25) is 0 Å². The summed E-state index contributed by atoms with van der Waals surface area (Å²) in [7, 11) is 0. The molecule has 0 saturated carbocycles. The standard InChI is InChI=1S/C25H32F3N7O3/c1-24(2,3)38-23(37)33-10-8-18(9-11-33)35-21(29)19(22(30)36)20(32-35)16-12-31-34(14-16)13-15-4-6-17(7-5-15)25(26,27)28/h4-7,12,14,18,22,36H,8-11,13,29-30H2,1-3H3. The Balaban J connectivity index is 1.51. The van der Waals surface area contributed by atoms with E-state index in [0.717, 1.165) is 12.1 Å². The van der Waals surface area contributed by atoms with Crippen LogP contribution >= 0.6 is 0 Å². The third-order valence-electron chi connectivity index (χ3n) is 6.28. The van der Waals surface area contributed by atoms with Gasteiger partial charge >= 0.3 is 12.3 Å². The summed E-state index contributed by atoms with van der Waals surface area (Å²) in [5.74, 6) is 0.223. The van der Waals surface area contributed by atoms with Gasteiger partial charge in [-0.2, -0.15) is 23.4 Å². The summed E-state index contributed by atoms with van der Waals surface area (Å²) in [5.41, 5.74) is 12.7. The molecular formula is C25H32F3N7O3. The SMILES string of the molecule is CC(C)(C)OC(=O)N1CCC(n2nc(-c3cnn(Cc4ccc(C(F)(F)F)cc4)c3)c(C(N)O)c2N)CC1. The second kappa shape index (κ2) is 10.3. The van der Waals surface area contributed by atoms with Gasteiger partial charge in [0.1, 0.15) is 23.3 Å². The molecule has 1 aliphatic rings. The van der Waals surface area contributed by atoms with Crippen molar-refractivity contribution < 1.29 is 27.8 Å². The van der Waals surface area contributed by atoms with Crippen LogP contribution in [-0.2, 0) is 17.5 Å². The van der Waals surface area contributed by atoms with Gasteiger partial charge in [-0.1, -0.05) is 12.1 Å². The molecule has 3 heterocycles. The van der Waals surface area contributed by atoms with Gasteiger partial charge < -0.3 is 26.2 Å². The second-order valence-electron chi connectivity index (χ2n) is 10.4. The molecule has 38 heavy (non-hydrogen) atoms. The van der Waals surface area contributed by atoms with E-state index in [9.17, 15) is 23.1 Å². The first-order chi connectivity index (χ1) is 17.7. The minimum Gasteiger partial charge on any atom is -0.444 e. The monoisotopic (exact) mass is 535 g/mol. The largest absolute Gasteiger partial charge is 0.444 e. The number of carbonyl (C=O) groups is 1. The maximum Gasteiger partial charge on any atom is 0.416 e. The van der Waals surface area contributed by atoms with Crippen molar-refractivity contribution in [1.29, 1.82) is 0 Å². The molecule has 10 nitrogen and oxygen atoms in total. The average molecular weight is 536 g/mol. The van der Waals surface area contributed by atoms with Gasteiger partial charge in [-0.3, -0.25) is 4.68 Å². The molecule has 0 radical (unpaired) electrons. The number of alkyl halides is 3. The molecule has 1 amide bonds. The molecule has 3 aromatic rings. The number of hydrogen-bond acceptors (Lipinski definition) is 7. The van der Waals surface area contributed by atoms with E-state index in [0.29, 0.717) is 42.8 Å². The molecule has 1 fully saturated rings. The van der Waals surface area contributed by atoms with Gasteiger partial charge in [0.15, 0.2) is 0 Å². The Hall–Kier alpha value is -3.58. The minimum atomic E-state index is -4.40. The Kier molecular flexibility index (Phi) is 7.44. The van der Waals surface area contributed by atoms with Gasteiger partial charge in [-0.05, 0) is 51.3 Å². The lowest BCUT2D eigenvalue weighted by atomic mass is 10.1. The number of aliphatic hydroxyl groups is 1. The van der Waals surface area contributed by atoms with Crippen LogP contribution in [0.3, 0.4) is 0 Å². The highest BCUT2D eigenvalue weighted by Gasteiger charge is 2.32. The summed E-state index contributed by atoms with van der Waals surface area (Å²) in [5, 5.41) is 19.2. The van der Waals surface area contributed by atoms with Crippen molar-refractivity contribution >= 4 is 11.9 Å². The molecule has 1 saturated heterocycles. The Bertz CT molecular complexity index is 1270. The number of halogens is 3. The molecule has 206 valence electrons. The fourth-order valence-electron chi connectivity index (χ4n) is 4.42. The molecular weight excluding hydrogens is 503 g/mol. The van der Waals surface area contributed by atoms with Crippen LogP contribution in [0.1, 0.15) is 62.6 Å². The third kappa shape index (κ3) is 6.10. The lowest BCUT2D eigenvalue weighted by Crippen LogP contribution is -2.42. The Morgan fingerprint density at radius 3 is 2.37 bits per heavy atom. The van der Waals surface area contributed by atoms with Crippen molar-refractivity contribution in [1.82, 2.24) is 24.5 Å². The maximum atomic E-state index is 12.8. The highest BCUT2D eigenvalue weighted by Crippen LogP contribution is 2.35. The number of rotatable bonds is 5. The van der Waals surface area contributed by atoms with Gasteiger partial charge in [-0.25, -0.2) is 9.48 Å². The lowest BCUT2D eigenvalue weighted by Gasteiger charge is -2.33. The van der Waals surface area contributed by atoms with E-state index in [1.807, 2.05) is 20.8 Å². The van der Waals surface area contributed by atoms with Crippen LogP contribution in [-0.4, -0.2) is 54.4 Å². The maximum absolute atomic E-state index is 12.8. The number of aromatic nitrogens is 4. The van der Waals surface area contributed by atoms with Gasteiger partial charge in [-0.15, -0.1) is 0 Å². The van der Waals surface area contributed by atoms with Crippen LogP contribution in [0.4, 0.5) is 23.8 Å². The summed E-state index contributed by atoms with van der Waals surface area (Å²) >= 11 is 0. The molecule has 13 heteroatoms. The lowest BCUT2D eigenvalue weighted by molar-refractivity contribution is -0.137. The summed E-state index contributed by atoms with van der Waals surface area (Å²) in [6, 6.07) is 4.73. The third-order valence-corrected chi connectivity index (χ3v) is 6.28. The zero-order chi connectivity index (χ0) is 27.8. The zero-order valence-corrected chi connectivity index (χ0v) is 21.4. The first-order valence-electron chi connectivity index (χ1n) is 12.2. The van der Waals surface area contributed by atoms with Crippen molar-refractivity contribution in [3.8, 4) is 11.3 Å². The van der Waals surface area contributed by atoms with Gasteiger partial charge in [0.05, 0.1) is 29.9 Å². The van der Waals surface area contributed by atoms with Crippen molar-refractivity contribution in [3.05, 3.63) is 53.3 Å². The van der Waals surface area contributed by atoms with E-state index in [2.05, 4.69) is 10.2 Å². The van der Waals surface area contributed by atoms with Crippen molar-refractivity contribution in [2.75, 3.05) is 18.8 Å². The van der Waals surface area contributed by atoms with Gasteiger partial charge in [0.25, 0.3) is 0 Å². The number of aliphatic hydroxyl groups excluding tert-OH is 1. The topological polar surface area (TPSA) is 137 Å². The van der Waals surface area contributed by atoms with Crippen LogP contribution in [0.5, 0.6) is 0 Å². The molecule has 4 rings (SSSR count). The molecule has 5 N–H and O–H groups in total. The predicted octanol–water partition coefficient (Wildman–Crippen LogP) is 3.92. The quantitative estimate of drug-likeness (QED) is 0.421. The van der Waals surface area contributed by atoms with E-state index in [-0.39, 0.29) is 30.1 Å². The molecule has 1 atom stereocenters. The predicted molar refractivity (Wildman–Crippen MR) is 134 cm³/mol. The normalized spacial score (nSPS) is 16.1. The summed E-state index contributed by atoms with van der Waals surface area (Å²) in [4.78, 5) is 14.0. The number of carbonyl (C=O) groups excluding carboxylic acids is 1. The number of benzene rings is 1. The molecule has 0 aliphatic carbocycles. The number of hydrogen-bond donors (Lipinski definition) is 3. The van der Waals surface area contributed by atoms with E-state index in [1.54, 1.807) is 20.5 Å². The van der Waals surface area contributed by atoms with E-state index < -0.39 is 23.6 Å². The summed E-state index contributed by atoms with van der Waals surface area (Å²) in [6.45, 7) is 6.59. The van der Waals surface area contributed by atoms with Crippen LogP contribution in [0.15, 0.2) is 36.7 Å². The van der Waals surface area contributed by atoms with E-state index >= 15 is 0 Å². The number of likely N-dealkylation sites (tertiary alicyclic amines) is 1. The molecule has 1 aliphatic heterocycles. The number of nitrogen functional groups attached to an aromatic ring is 1. The Morgan fingerprint density at radius 2 is 1.82 bits per heavy atom. The van der Waals surface area contributed by atoms with Crippen LogP contribution in [0, 0.1) is 0 Å². The van der Waals surface area contributed by atoms with Crippen molar-refractivity contribution in [2.24, 2.45) is 5.73 Å². The second-order valence-corrected chi connectivity index (χ2v) is 10.4. The van der Waals surface area contributed by atoms with Crippen molar-refractivity contribution in [3.63, 3.8) is 0 Å². The molecule has 1 aromatic carbocycles. The molecule has 2 aromatic heterocycles. The highest BCUT2D eigenvalue weighted by molar-refractivity contribution is 5.69. The Labute approximate surface area is 218 Å². The first-order valence-corrected chi connectivity index (χ1v) is 12.2. The summed E-state index contributed by atoms with van der Waals surface area (Å²) in [6.07, 6.45) is -1.80. The number of amides is 1. The molecule has 1 unspecified atom stereocenters. The minimum absolute atomic E-state index is 0.123. The fourth-order valence-corrected chi connectivity index (χ4v) is 4.42. The van der Waals surface area contributed by atoms with Gasteiger partial charge in [0, 0.05) is 24.8 Å². The number of piperidine rings is 1. The van der Waals surface area contributed by atoms with Crippen LogP contribution < -0.4 is 11.5 Å². The fraction of sp³-hybridized carbons (Fsp3) is 0.480. The first kappa shape index (κ1) is 27.5. The Morgan fingerprint density at radius 1 is 1.18 bits per heavy atom. The van der Waals surface area contributed by atoms with Gasteiger partial charge in [0.2, 0.25) is 0 Å². The average Bonchev–Trinajstić information content (AvgIpc) is 3.42. The molecule has 0 spiro atoms. The van der Waals surface area contributed by atoms with Crippen LogP contribution in [0.25, 0.3) is 11.3 Å². The zero-order valence-electron chi connectivity index (χ0n) is 21.4. The van der Waals surface area contributed by atoms with E-state index in [4.69, 9.17) is 16.2 Å². The highest BCUT2D eigenvalue weighted by atomic mass is 19.4. The molecule has 0 bridgehead atoms. The van der Waals surface area contributed by atoms with Crippen molar-refractivity contribution in [2.45, 2.75) is 64.2 Å². The number of nitrogens with two attached hydrogens (primary N) is 2. The number of ether oxygens (including phenoxy) is 1. The number of nitrogens with zero attached hydrogens (tertiary/aromatic N) is 5.